The average molecular weight is 355 g/mol. The molecular weight excluding hydrogens is 330 g/mol. The molecule has 0 fully saturated rings. The Labute approximate surface area is 154 Å². The second kappa shape index (κ2) is 9.10. The van der Waals surface area contributed by atoms with Gasteiger partial charge in [0.05, 0.1) is 17.7 Å². The van der Waals surface area contributed by atoms with E-state index in [-0.39, 0.29) is 17.7 Å². The number of aromatic nitrogens is 1. The molecule has 0 atom stereocenters. The Kier molecular flexibility index (Phi) is 6.86. The molecule has 0 aliphatic heterocycles. The SMILES string of the molecule is COCCNC(=O)c1cncc(C(=O)Nc2c(C)cccc2C(C)C)c1. The number of amides is 2. The molecule has 2 amide bonds. The maximum absolute atomic E-state index is 12.7. The van der Waals surface area contributed by atoms with Crippen LogP contribution in [0.4, 0.5) is 5.69 Å². The summed E-state index contributed by atoms with van der Waals surface area (Å²) in [6, 6.07) is 7.48. The first-order valence-corrected chi connectivity index (χ1v) is 8.57. The lowest BCUT2D eigenvalue weighted by atomic mass is 9.98. The first-order chi connectivity index (χ1) is 12.4. The van der Waals surface area contributed by atoms with Crippen LogP contribution < -0.4 is 10.6 Å². The number of pyridine rings is 1. The van der Waals surface area contributed by atoms with Gasteiger partial charge >= 0.3 is 0 Å². The zero-order valence-corrected chi connectivity index (χ0v) is 15.6. The minimum absolute atomic E-state index is 0.279. The third-order valence-corrected chi connectivity index (χ3v) is 4.02. The molecule has 1 aromatic carbocycles. The van der Waals surface area contributed by atoms with Gasteiger partial charge in [0.1, 0.15) is 0 Å². The molecule has 0 aliphatic carbocycles. The maximum Gasteiger partial charge on any atom is 0.257 e. The summed E-state index contributed by atoms with van der Waals surface area (Å²) >= 11 is 0. The van der Waals surface area contributed by atoms with Crippen molar-refractivity contribution in [2.45, 2.75) is 26.7 Å². The highest BCUT2D eigenvalue weighted by molar-refractivity contribution is 6.06. The number of hydrogen-bond acceptors (Lipinski definition) is 4. The average Bonchev–Trinajstić information content (AvgIpc) is 2.63. The number of aryl methyl sites for hydroxylation is 1. The van der Waals surface area contributed by atoms with Gasteiger partial charge in [-0.05, 0) is 30.0 Å². The van der Waals surface area contributed by atoms with Crippen molar-refractivity contribution in [2.24, 2.45) is 0 Å². The van der Waals surface area contributed by atoms with Gasteiger partial charge in [-0.15, -0.1) is 0 Å². The number of hydrogen-bond donors (Lipinski definition) is 2. The molecule has 2 N–H and O–H groups in total. The zero-order chi connectivity index (χ0) is 19.1. The van der Waals surface area contributed by atoms with E-state index in [0.29, 0.717) is 24.3 Å². The summed E-state index contributed by atoms with van der Waals surface area (Å²) in [6.45, 7) is 6.94. The van der Waals surface area contributed by atoms with Crippen molar-refractivity contribution in [2.75, 3.05) is 25.6 Å². The van der Waals surface area contributed by atoms with Crippen LogP contribution in [-0.4, -0.2) is 37.1 Å². The number of nitrogens with one attached hydrogen (secondary N) is 2. The Hall–Kier alpha value is -2.73. The normalized spacial score (nSPS) is 10.7. The fourth-order valence-corrected chi connectivity index (χ4v) is 2.59. The Morgan fingerprint density at radius 1 is 1.15 bits per heavy atom. The van der Waals surface area contributed by atoms with Crippen molar-refractivity contribution in [1.82, 2.24) is 10.3 Å². The van der Waals surface area contributed by atoms with E-state index in [1.165, 1.54) is 18.5 Å². The topological polar surface area (TPSA) is 80.3 Å². The van der Waals surface area contributed by atoms with E-state index in [0.717, 1.165) is 16.8 Å². The molecule has 0 unspecified atom stereocenters. The number of anilines is 1. The van der Waals surface area contributed by atoms with Gasteiger partial charge < -0.3 is 15.4 Å². The highest BCUT2D eigenvalue weighted by Gasteiger charge is 2.15. The molecule has 6 nitrogen and oxygen atoms in total. The number of rotatable bonds is 7. The summed E-state index contributed by atoms with van der Waals surface area (Å²) in [5.41, 5.74) is 3.54. The van der Waals surface area contributed by atoms with Gasteiger partial charge in [0.15, 0.2) is 0 Å². The van der Waals surface area contributed by atoms with Crippen molar-refractivity contribution < 1.29 is 14.3 Å². The van der Waals surface area contributed by atoms with Gasteiger partial charge in [-0.3, -0.25) is 14.6 Å². The number of nitrogens with zero attached hydrogens (tertiary/aromatic N) is 1. The van der Waals surface area contributed by atoms with Crippen LogP contribution >= 0.6 is 0 Å². The van der Waals surface area contributed by atoms with Crippen LogP contribution in [0.5, 0.6) is 0 Å². The molecule has 0 saturated carbocycles. The molecule has 2 aromatic rings. The number of carbonyl (C=O) groups is 2. The van der Waals surface area contributed by atoms with Crippen LogP contribution in [0.1, 0.15) is 51.6 Å². The van der Waals surface area contributed by atoms with Crippen LogP contribution in [0.2, 0.25) is 0 Å². The van der Waals surface area contributed by atoms with Crippen molar-refractivity contribution in [3.05, 3.63) is 58.9 Å². The zero-order valence-electron chi connectivity index (χ0n) is 15.6. The summed E-state index contributed by atoms with van der Waals surface area (Å²) < 4.78 is 4.90. The Balaban J connectivity index is 2.19. The highest BCUT2D eigenvalue weighted by Crippen LogP contribution is 2.27. The summed E-state index contributed by atoms with van der Waals surface area (Å²) in [4.78, 5) is 28.8. The quantitative estimate of drug-likeness (QED) is 0.748. The van der Waals surface area contributed by atoms with Gasteiger partial charge in [-0.1, -0.05) is 32.0 Å². The minimum Gasteiger partial charge on any atom is -0.383 e. The lowest BCUT2D eigenvalue weighted by Crippen LogP contribution is -2.27. The standard InChI is InChI=1S/C20H25N3O3/c1-13(2)17-7-5-6-14(3)18(17)23-20(25)16-10-15(11-21-12-16)19(24)22-8-9-26-4/h5-7,10-13H,8-9H2,1-4H3,(H,22,24)(H,23,25). The fraction of sp³-hybridized carbons (Fsp3) is 0.350. The first-order valence-electron chi connectivity index (χ1n) is 8.57. The van der Waals surface area contributed by atoms with Crippen molar-refractivity contribution >= 4 is 17.5 Å². The first kappa shape index (κ1) is 19.6. The molecule has 1 heterocycles. The second-order valence-corrected chi connectivity index (χ2v) is 6.36. The lowest BCUT2D eigenvalue weighted by molar-refractivity contribution is 0.0936. The molecule has 0 radical (unpaired) electrons. The molecule has 138 valence electrons. The van der Waals surface area contributed by atoms with E-state index in [9.17, 15) is 9.59 Å². The van der Waals surface area contributed by atoms with Gasteiger partial charge in [0, 0.05) is 31.7 Å². The molecule has 0 saturated heterocycles. The molecule has 26 heavy (non-hydrogen) atoms. The van der Waals surface area contributed by atoms with E-state index in [1.54, 1.807) is 7.11 Å². The monoisotopic (exact) mass is 355 g/mol. The smallest absolute Gasteiger partial charge is 0.257 e. The number of para-hydroxylation sites is 1. The van der Waals surface area contributed by atoms with E-state index >= 15 is 0 Å². The van der Waals surface area contributed by atoms with Gasteiger partial charge in [0.25, 0.3) is 11.8 Å². The molecule has 0 aliphatic rings. The summed E-state index contributed by atoms with van der Waals surface area (Å²) in [5, 5.41) is 5.68. The van der Waals surface area contributed by atoms with Gasteiger partial charge in [0.2, 0.25) is 0 Å². The van der Waals surface area contributed by atoms with Crippen molar-refractivity contribution in [3.8, 4) is 0 Å². The number of carbonyl (C=O) groups excluding carboxylic acids is 2. The van der Waals surface area contributed by atoms with E-state index in [1.807, 2.05) is 25.1 Å². The molecular formula is C20H25N3O3. The molecule has 2 rings (SSSR count). The third-order valence-electron chi connectivity index (χ3n) is 4.02. The predicted octanol–water partition coefficient (Wildman–Crippen LogP) is 3.14. The van der Waals surface area contributed by atoms with Crippen molar-refractivity contribution in [3.63, 3.8) is 0 Å². The number of methoxy groups -OCH3 is 1. The maximum atomic E-state index is 12.7. The van der Waals surface area contributed by atoms with Crippen LogP contribution in [0.3, 0.4) is 0 Å². The van der Waals surface area contributed by atoms with E-state index < -0.39 is 0 Å². The fourth-order valence-electron chi connectivity index (χ4n) is 2.59. The lowest BCUT2D eigenvalue weighted by Gasteiger charge is -2.16. The predicted molar refractivity (Wildman–Crippen MR) is 102 cm³/mol. The van der Waals surface area contributed by atoms with E-state index in [2.05, 4.69) is 29.5 Å². The van der Waals surface area contributed by atoms with Crippen LogP contribution in [0.15, 0.2) is 36.7 Å². The largest absolute Gasteiger partial charge is 0.383 e. The third kappa shape index (κ3) is 4.89. The Morgan fingerprint density at radius 3 is 2.50 bits per heavy atom. The Morgan fingerprint density at radius 2 is 1.85 bits per heavy atom. The second-order valence-electron chi connectivity index (χ2n) is 6.36. The van der Waals surface area contributed by atoms with Crippen LogP contribution in [0.25, 0.3) is 0 Å². The Bertz CT molecular complexity index is 788. The summed E-state index contributed by atoms with van der Waals surface area (Å²) in [5.74, 6) is -0.301. The van der Waals surface area contributed by atoms with Crippen molar-refractivity contribution in [1.29, 1.82) is 0 Å². The van der Waals surface area contributed by atoms with Gasteiger partial charge in [-0.2, -0.15) is 0 Å². The van der Waals surface area contributed by atoms with E-state index in [4.69, 9.17) is 4.74 Å². The molecule has 0 bridgehead atoms. The summed E-state index contributed by atoms with van der Waals surface area (Å²) in [7, 11) is 1.57. The summed E-state index contributed by atoms with van der Waals surface area (Å²) in [6.07, 6.45) is 2.89. The molecule has 1 aromatic heterocycles. The van der Waals surface area contributed by atoms with Gasteiger partial charge in [-0.25, -0.2) is 0 Å². The van der Waals surface area contributed by atoms with Crippen LogP contribution in [0, 0.1) is 6.92 Å². The van der Waals surface area contributed by atoms with Crippen LogP contribution in [-0.2, 0) is 4.74 Å². The number of benzene rings is 1. The molecule has 0 spiro atoms. The minimum atomic E-state index is -0.291. The highest BCUT2D eigenvalue weighted by atomic mass is 16.5. The molecule has 6 heteroatoms. The number of ether oxygens (including phenoxy) is 1.